The van der Waals surface area contributed by atoms with Crippen molar-refractivity contribution in [2.75, 3.05) is 25.4 Å². The van der Waals surface area contributed by atoms with Crippen molar-refractivity contribution in [1.29, 1.82) is 0 Å². The highest BCUT2D eigenvalue weighted by molar-refractivity contribution is 7.89. The van der Waals surface area contributed by atoms with Gasteiger partial charge in [-0.2, -0.15) is 4.39 Å². The van der Waals surface area contributed by atoms with Crippen LogP contribution in [0.15, 0.2) is 41.5 Å². The van der Waals surface area contributed by atoms with E-state index in [9.17, 15) is 12.8 Å². The maximum absolute atomic E-state index is 14.4. The minimum atomic E-state index is -3.43. The number of pyridine rings is 1. The number of hydrogen-bond donors (Lipinski definition) is 1. The topological polar surface area (TPSA) is 107 Å². The van der Waals surface area contributed by atoms with E-state index in [1.54, 1.807) is 28.6 Å². The summed E-state index contributed by atoms with van der Waals surface area (Å²) in [4.78, 5) is 8.45. The molecule has 3 atom stereocenters. The SMILES string of the molecule is CC(C)CS(=O)(=O)N1CC[C@@H]2Oc3ccc(-c4cccnc4F)cc3C3(COC(N)=N3)[C@H]2C1.Cl. The van der Waals surface area contributed by atoms with Gasteiger partial charge in [0.05, 0.1) is 5.75 Å². The molecule has 0 amide bonds. The number of ether oxygens (including phenoxy) is 2. The summed E-state index contributed by atoms with van der Waals surface area (Å²) < 4.78 is 53.9. The third-order valence-electron chi connectivity index (χ3n) is 6.61. The molecule has 11 heteroatoms. The summed E-state index contributed by atoms with van der Waals surface area (Å²) in [5.74, 6) is -0.136. The molecule has 3 aliphatic rings. The summed E-state index contributed by atoms with van der Waals surface area (Å²) >= 11 is 0. The first-order chi connectivity index (χ1) is 15.7. The molecule has 0 saturated carbocycles. The molecule has 3 aliphatic heterocycles. The van der Waals surface area contributed by atoms with Crippen LogP contribution >= 0.6 is 12.4 Å². The fraction of sp³-hybridized carbons (Fsp3) is 0.478. The Hall–Kier alpha value is -2.43. The second-order valence-electron chi connectivity index (χ2n) is 9.30. The second-order valence-corrected chi connectivity index (χ2v) is 11.3. The number of nitrogens with two attached hydrogens (primary N) is 1. The third kappa shape index (κ3) is 4.12. The molecular weight excluding hydrogens is 483 g/mol. The molecule has 1 spiro atoms. The molecular formula is C23H28ClFN4O4S. The lowest BCUT2D eigenvalue weighted by Gasteiger charge is -2.48. The van der Waals surface area contributed by atoms with Crippen LogP contribution in [0.4, 0.5) is 4.39 Å². The average molecular weight is 511 g/mol. The number of rotatable bonds is 4. The Labute approximate surface area is 204 Å². The molecule has 4 heterocycles. The van der Waals surface area contributed by atoms with Gasteiger partial charge in [0.1, 0.15) is 24.0 Å². The van der Waals surface area contributed by atoms with Gasteiger partial charge in [-0.1, -0.05) is 19.9 Å². The van der Waals surface area contributed by atoms with Crippen LogP contribution in [0, 0.1) is 17.8 Å². The maximum Gasteiger partial charge on any atom is 0.283 e. The van der Waals surface area contributed by atoms with E-state index in [0.717, 1.165) is 0 Å². The van der Waals surface area contributed by atoms with E-state index in [1.807, 2.05) is 19.9 Å². The zero-order valence-electron chi connectivity index (χ0n) is 19.0. The van der Waals surface area contributed by atoms with Gasteiger partial charge in [-0.15, -0.1) is 12.4 Å². The number of sulfonamides is 1. The minimum Gasteiger partial charge on any atom is -0.490 e. The highest BCUT2D eigenvalue weighted by atomic mass is 35.5. The van der Waals surface area contributed by atoms with Crippen molar-refractivity contribution in [2.24, 2.45) is 22.6 Å². The first-order valence-electron chi connectivity index (χ1n) is 11.1. The Bertz CT molecular complexity index is 1230. The highest BCUT2D eigenvalue weighted by Gasteiger charge is 2.56. The normalized spacial score (nSPS) is 26.2. The molecule has 1 aromatic carbocycles. The third-order valence-corrected chi connectivity index (χ3v) is 8.81. The molecule has 1 aromatic heterocycles. The van der Waals surface area contributed by atoms with Gasteiger partial charge >= 0.3 is 0 Å². The van der Waals surface area contributed by atoms with Crippen LogP contribution in [0.25, 0.3) is 11.1 Å². The van der Waals surface area contributed by atoms with Crippen LogP contribution in [0.1, 0.15) is 25.8 Å². The largest absolute Gasteiger partial charge is 0.490 e. The lowest BCUT2D eigenvalue weighted by Crippen LogP contribution is -2.58. The smallest absolute Gasteiger partial charge is 0.283 e. The van der Waals surface area contributed by atoms with Gasteiger partial charge in [0.15, 0.2) is 0 Å². The van der Waals surface area contributed by atoms with Crippen LogP contribution in [0.5, 0.6) is 5.75 Å². The molecule has 0 bridgehead atoms. The van der Waals surface area contributed by atoms with Gasteiger partial charge in [0, 0.05) is 36.3 Å². The van der Waals surface area contributed by atoms with Gasteiger partial charge in [0.2, 0.25) is 16.0 Å². The predicted octanol–water partition coefficient (Wildman–Crippen LogP) is 2.92. The molecule has 8 nitrogen and oxygen atoms in total. The number of halogens is 2. The molecule has 2 N–H and O–H groups in total. The van der Waals surface area contributed by atoms with E-state index < -0.39 is 21.5 Å². The quantitative estimate of drug-likeness (QED) is 0.634. The van der Waals surface area contributed by atoms with Crippen molar-refractivity contribution in [2.45, 2.75) is 31.9 Å². The molecule has 184 valence electrons. The Morgan fingerprint density at radius 3 is 2.79 bits per heavy atom. The fourth-order valence-corrected chi connectivity index (χ4v) is 6.98. The number of aliphatic imine (C=N–C) groups is 1. The standard InChI is InChI=1S/C23H27FN4O4S.ClH/c1-14(2)12-33(29,30)28-9-7-20-18(11-28)23(13-31-22(25)27-23)17-10-15(5-6-19(17)32-20)16-4-3-8-26-21(16)24;/h3-6,8,10,14,18,20H,7,9,11-13H2,1-2H3,(H2,25,27);1H/t18-,20-,23?;/m0./s1. The number of benzene rings is 1. The molecule has 1 unspecified atom stereocenters. The molecule has 1 saturated heterocycles. The molecule has 1 fully saturated rings. The Morgan fingerprint density at radius 1 is 1.32 bits per heavy atom. The van der Waals surface area contributed by atoms with Crippen molar-refractivity contribution >= 4 is 28.5 Å². The van der Waals surface area contributed by atoms with E-state index in [2.05, 4.69) is 4.98 Å². The highest BCUT2D eigenvalue weighted by Crippen LogP contribution is 2.51. The lowest BCUT2D eigenvalue weighted by atomic mass is 9.71. The van der Waals surface area contributed by atoms with Gasteiger partial charge < -0.3 is 15.2 Å². The van der Waals surface area contributed by atoms with E-state index in [-0.39, 0.29) is 55.3 Å². The van der Waals surface area contributed by atoms with E-state index in [0.29, 0.717) is 35.4 Å². The summed E-state index contributed by atoms with van der Waals surface area (Å²) in [6.45, 7) is 4.60. The zero-order chi connectivity index (χ0) is 23.4. The Balaban J connectivity index is 0.00000274. The van der Waals surface area contributed by atoms with E-state index in [4.69, 9.17) is 20.2 Å². The van der Waals surface area contributed by atoms with Crippen LogP contribution < -0.4 is 10.5 Å². The lowest BCUT2D eigenvalue weighted by molar-refractivity contribution is -0.00350. The summed E-state index contributed by atoms with van der Waals surface area (Å²) in [6, 6.07) is 8.82. The van der Waals surface area contributed by atoms with Crippen molar-refractivity contribution in [3.63, 3.8) is 0 Å². The van der Waals surface area contributed by atoms with E-state index >= 15 is 0 Å². The van der Waals surface area contributed by atoms with Crippen molar-refractivity contribution < 1.29 is 22.3 Å². The van der Waals surface area contributed by atoms with Gasteiger partial charge in [-0.05, 0) is 42.2 Å². The number of nitrogens with zero attached hydrogens (tertiary/aromatic N) is 3. The number of fused-ring (bicyclic) bond motifs is 4. The second kappa shape index (κ2) is 8.98. The Kier molecular flexibility index (Phi) is 6.52. The number of amidine groups is 1. The predicted molar refractivity (Wildman–Crippen MR) is 129 cm³/mol. The van der Waals surface area contributed by atoms with Crippen LogP contribution in [0.2, 0.25) is 0 Å². The maximum atomic E-state index is 14.4. The number of hydrogen-bond acceptors (Lipinski definition) is 7. The molecule has 0 radical (unpaired) electrons. The summed E-state index contributed by atoms with van der Waals surface area (Å²) in [5.41, 5.74) is 6.75. The number of piperidine rings is 1. The summed E-state index contributed by atoms with van der Waals surface area (Å²) in [5, 5.41) is 0. The van der Waals surface area contributed by atoms with Crippen molar-refractivity contribution in [3.8, 4) is 16.9 Å². The number of aromatic nitrogens is 1. The van der Waals surface area contributed by atoms with Gasteiger partial charge in [-0.3, -0.25) is 0 Å². The average Bonchev–Trinajstić information content (AvgIpc) is 3.15. The molecule has 34 heavy (non-hydrogen) atoms. The monoisotopic (exact) mass is 510 g/mol. The van der Waals surface area contributed by atoms with Crippen LogP contribution in [0.3, 0.4) is 0 Å². The molecule has 0 aliphatic carbocycles. The molecule has 5 rings (SSSR count). The van der Waals surface area contributed by atoms with Gasteiger partial charge in [-0.25, -0.2) is 22.7 Å². The van der Waals surface area contributed by atoms with E-state index in [1.165, 1.54) is 6.20 Å². The zero-order valence-corrected chi connectivity index (χ0v) is 20.6. The van der Waals surface area contributed by atoms with Crippen LogP contribution in [-0.2, 0) is 20.3 Å². The van der Waals surface area contributed by atoms with Gasteiger partial charge in [0.25, 0.3) is 6.02 Å². The fourth-order valence-electron chi connectivity index (χ4n) is 5.16. The van der Waals surface area contributed by atoms with Crippen molar-refractivity contribution in [3.05, 3.63) is 48.0 Å². The summed E-state index contributed by atoms with van der Waals surface area (Å²) in [7, 11) is -3.43. The van der Waals surface area contributed by atoms with Crippen molar-refractivity contribution in [1.82, 2.24) is 9.29 Å². The first-order valence-corrected chi connectivity index (χ1v) is 12.7. The Morgan fingerprint density at radius 2 is 2.12 bits per heavy atom. The van der Waals surface area contributed by atoms with Crippen LogP contribution in [-0.4, -0.2) is 55.3 Å². The minimum absolute atomic E-state index is 0. The first kappa shape index (κ1) is 24.7. The summed E-state index contributed by atoms with van der Waals surface area (Å²) in [6.07, 6.45) is 1.70. The molecule has 2 aromatic rings.